The second-order valence-corrected chi connectivity index (χ2v) is 12.1. The molecule has 1 unspecified atom stereocenters. The number of hydrogen-bond donors (Lipinski definition) is 1. The Kier molecular flexibility index (Phi) is 8.82. The number of fused-ring (bicyclic) bond motifs is 2. The van der Waals surface area contributed by atoms with Gasteiger partial charge in [-0.1, -0.05) is 13.0 Å². The molecule has 1 aliphatic rings. The molecule has 1 aliphatic heterocycles. The maximum absolute atomic E-state index is 12.9. The summed E-state index contributed by atoms with van der Waals surface area (Å²) in [5.74, 6) is 0.602. The summed E-state index contributed by atoms with van der Waals surface area (Å²) >= 11 is 1.07. The van der Waals surface area contributed by atoms with E-state index in [4.69, 9.17) is 4.74 Å². The van der Waals surface area contributed by atoms with Crippen LogP contribution in [-0.4, -0.2) is 57.0 Å². The molecule has 0 saturated carbocycles. The molecule has 0 aliphatic carbocycles. The lowest BCUT2D eigenvalue weighted by Crippen LogP contribution is -2.38. The standard InChI is InChI=1S/C30H35F3N6OS/c1-4-24(40-19(2)3)17-39-23(15-34)12-21-11-20(5-6-27(21)39)16-38-9-7-22(8-10-38)37-28-26-13-25(14-30(31,32)33)41-29(26)36-18-35-28/h5-6,11-13,18-19,22,24H,4,7-10,14,16-17H2,1-3H3,(H,35,36,37). The van der Waals surface area contributed by atoms with Gasteiger partial charge in [0, 0.05) is 41.5 Å². The molecule has 0 radical (unpaired) electrons. The number of hydrogen-bond acceptors (Lipinski definition) is 7. The number of piperidine rings is 1. The molecule has 1 N–H and O–H groups in total. The summed E-state index contributed by atoms with van der Waals surface area (Å²) in [6.45, 7) is 9.41. The number of benzene rings is 1. The van der Waals surface area contributed by atoms with Gasteiger partial charge < -0.3 is 14.6 Å². The molecule has 1 aromatic carbocycles. The number of thiophene rings is 1. The van der Waals surface area contributed by atoms with Crippen LogP contribution in [0.1, 0.15) is 56.2 Å². The molecule has 1 saturated heterocycles. The predicted octanol–water partition coefficient (Wildman–Crippen LogP) is 6.90. The Morgan fingerprint density at radius 3 is 2.63 bits per heavy atom. The van der Waals surface area contributed by atoms with Crippen LogP contribution in [0.4, 0.5) is 19.0 Å². The first-order chi connectivity index (χ1) is 19.6. The van der Waals surface area contributed by atoms with E-state index in [1.165, 1.54) is 11.9 Å². The normalized spacial score (nSPS) is 16.0. The molecule has 218 valence electrons. The molecule has 5 rings (SSSR count). The van der Waals surface area contributed by atoms with Gasteiger partial charge in [0.05, 0.1) is 30.6 Å². The van der Waals surface area contributed by atoms with Gasteiger partial charge in [-0.15, -0.1) is 11.3 Å². The van der Waals surface area contributed by atoms with Crippen LogP contribution in [0.3, 0.4) is 0 Å². The van der Waals surface area contributed by atoms with E-state index in [1.54, 1.807) is 6.07 Å². The van der Waals surface area contributed by atoms with Crippen LogP contribution >= 0.6 is 11.3 Å². The molecule has 0 amide bonds. The number of nitrogens with zero attached hydrogens (tertiary/aromatic N) is 5. The summed E-state index contributed by atoms with van der Waals surface area (Å²) in [6, 6.07) is 12.5. The average molecular weight is 585 g/mol. The zero-order valence-corrected chi connectivity index (χ0v) is 24.4. The van der Waals surface area contributed by atoms with Crippen molar-refractivity contribution in [3.05, 3.63) is 52.8 Å². The highest BCUT2D eigenvalue weighted by Crippen LogP contribution is 2.33. The maximum Gasteiger partial charge on any atom is 0.393 e. The summed E-state index contributed by atoms with van der Waals surface area (Å²) in [6.07, 6.45) is -0.936. The molecule has 4 heterocycles. The summed E-state index contributed by atoms with van der Waals surface area (Å²) in [4.78, 5) is 11.7. The van der Waals surface area contributed by atoms with E-state index in [0.717, 1.165) is 61.1 Å². The number of ether oxygens (including phenoxy) is 1. The van der Waals surface area contributed by atoms with Gasteiger partial charge in [0.25, 0.3) is 0 Å². The van der Waals surface area contributed by atoms with Crippen LogP contribution in [0.25, 0.3) is 21.1 Å². The van der Waals surface area contributed by atoms with Gasteiger partial charge >= 0.3 is 6.18 Å². The highest BCUT2D eigenvalue weighted by Gasteiger charge is 2.29. The lowest BCUT2D eigenvalue weighted by atomic mass is 10.0. The maximum atomic E-state index is 12.9. The van der Waals surface area contributed by atoms with Crippen LogP contribution in [0.15, 0.2) is 36.7 Å². The second-order valence-electron chi connectivity index (χ2n) is 11.0. The van der Waals surface area contributed by atoms with E-state index < -0.39 is 12.6 Å². The van der Waals surface area contributed by atoms with E-state index in [0.29, 0.717) is 28.3 Å². The highest BCUT2D eigenvalue weighted by molar-refractivity contribution is 7.18. The van der Waals surface area contributed by atoms with Crippen molar-refractivity contribution < 1.29 is 17.9 Å². The zero-order chi connectivity index (χ0) is 29.1. The van der Waals surface area contributed by atoms with Gasteiger partial charge in [0.2, 0.25) is 0 Å². The number of aromatic nitrogens is 3. The first kappa shape index (κ1) is 29.3. The third-order valence-corrected chi connectivity index (χ3v) is 8.52. The fraction of sp³-hybridized carbons (Fsp3) is 0.500. The minimum Gasteiger partial charge on any atom is -0.374 e. The smallest absolute Gasteiger partial charge is 0.374 e. The second kappa shape index (κ2) is 12.3. The fourth-order valence-corrected chi connectivity index (χ4v) is 6.58. The van der Waals surface area contributed by atoms with Crippen molar-refractivity contribution in [3.8, 4) is 6.07 Å². The first-order valence-electron chi connectivity index (χ1n) is 14.1. The average Bonchev–Trinajstić information content (AvgIpc) is 3.48. The number of halogens is 3. The Morgan fingerprint density at radius 1 is 1.17 bits per heavy atom. The van der Waals surface area contributed by atoms with Crippen molar-refractivity contribution >= 4 is 38.3 Å². The topological polar surface area (TPSA) is 79.0 Å². The Bertz CT molecular complexity index is 1530. The van der Waals surface area contributed by atoms with Crippen LogP contribution in [0.2, 0.25) is 0 Å². The van der Waals surface area contributed by atoms with Crippen molar-refractivity contribution in [1.82, 2.24) is 19.4 Å². The van der Waals surface area contributed by atoms with Gasteiger partial charge in [-0.05, 0) is 62.9 Å². The van der Waals surface area contributed by atoms with Gasteiger partial charge in [0.15, 0.2) is 0 Å². The van der Waals surface area contributed by atoms with Gasteiger partial charge in [-0.3, -0.25) is 4.90 Å². The van der Waals surface area contributed by atoms with Crippen molar-refractivity contribution in [3.63, 3.8) is 0 Å². The molecule has 7 nitrogen and oxygen atoms in total. The third kappa shape index (κ3) is 7.18. The van der Waals surface area contributed by atoms with Gasteiger partial charge in [-0.2, -0.15) is 18.4 Å². The minimum absolute atomic E-state index is 0.0485. The molecule has 0 bridgehead atoms. The molecule has 1 fully saturated rings. The molecule has 41 heavy (non-hydrogen) atoms. The van der Waals surface area contributed by atoms with Gasteiger partial charge in [-0.25, -0.2) is 9.97 Å². The third-order valence-electron chi connectivity index (χ3n) is 7.48. The molecule has 4 aromatic rings. The monoisotopic (exact) mass is 584 g/mol. The number of anilines is 1. The SMILES string of the molecule is CCC(Cn1c(C#N)cc2cc(CN3CCC(Nc4ncnc5sc(CC(F)(F)F)cc45)CC3)ccc21)OC(C)C. The van der Waals surface area contributed by atoms with Crippen molar-refractivity contribution in [1.29, 1.82) is 5.26 Å². The van der Waals surface area contributed by atoms with E-state index >= 15 is 0 Å². The number of likely N-dealkylation sites (tertiary alicyclic amines) is 1. The summed E-state index contributed by atoms with van der Waals surface area (Å²) < 4.78 is 46.7. The van der Waals surface area contributed by atoms with Crippen molar-refractivity contribution in [2.75, 3.05) is 18.4 Å². The number of alkyl halides is 3. The Morgan fingerprint density at radius 2 is 1.95 bits per heavy atom. The molecule has 1 atom stereocenters. The van der Waals surface area contributed by atoms with Crippen LogP contribution in [0.5, 0.6) is 0 Å². The Balaban J connectivity index is 1.21. The minimum atomic E-state index is -4.25. The predicted molar refractivity (Wildman–Crippen MR) is 156 cm³/mol. The van der Waals surface area contributed by atoms with Crippen LogP contribution in [-0.2, 0) is 24.2 Å². The molecular weight excluding hydrogens is 549 g/mol. The van der Waals surface area contributed by atoms with E-state index in [9.17, 15) is 18.4 Å². The molecule has 0 spiro atoms. The molecule has 3 aromatic heterocycles. The Labute approximate surface area is 241 Å². The highest BCUT2D eigenvalue weighted by atomic mass is 32.1. The lowest BCUT2D eigenvalue weighted by Gasteiger charge is -2.32. The van der Waals surface area contributed by atoms with Crippen molar-refractivity contribution in [2.45, 2.75) is 84.0 Å². The van der Waals surface area contributed by atoms with Gasteiger partial charge in [0.1, 0.15) is 28.7 Å². The number of nitriles is 1. The molecular formula is C30H35F3N6OS. The van der Waals surface area contributed by atoms with Crippen LogP contribution in [0, 0.1) is 11.3 Å². The van der Waals surface area contributed by atoms with E-state index in [2.05, 4.69) is 55.9 Å². The summed E-state index contributed by atoms with van der Waals surface area (Å²) in [5, 5.41) is 14.9. The summed E-state index contributed by atoms with van der Waals surface area (Å²) in [7, 11) is 0. The van der Waals surface area contributed by atoms with Crippen LogP contribution < -0.4 is 5.32 Å². The quantitative estimate of drug-likeness (QED) is 0.218. The molecule has 11 heteroatoms. The van der Waals surface area contributed by atoms with Crippen molar-refractivity contribution in [2.24, 2.45) is 0 Å². The zero-order valence-electron chi connectivity index (χ0n) is 23.5. The lowest BCUT2D eigenvalue weighted by molar-refractivity contribution is -0.126. The number of rotatable bonds is 10. The number of nitrogens with one attached hydrogen (secondary N) is 1. The Hall–Kier alpha value is -3.20. The van der Waals surface area contributed by atoms with E-state index in [1.807, 2.05) is 19.9 Å². The first-order valence-corrected chi connectivity index (χ1v) is 14.9. The summed E-state index contributed by atoms with van der Waals surface area (Å²) in [5.41, 5.74) is 2.89. The largest absolute Gasteiger partial charge is 0.393 e. The fourth-order valence-electron chi connectivity index (χ4n) is 5.56. The van der Waals surface area contributed by atoms with E-state index in [-0.39, 0.29) is 23.1 Å².